The third-order valence-electron chi connectivity index (χ3n) is 4.64. The Bertz CT molecular complexity index is 482. The monoisotopic (exact) mass is 270 g/mol. The molecule has 1 aromatic rings. The van der Waals surface area contributed by atoms with Gasteiger partial charge in [0, 0.05) is 31.9 Å². The number of nitrogens with zero attached hydrogens (tertiary/aromatic N) is 4. The van der Waals surface area contributed by atoms with Crippen LogP contribution < -0.4 is 4.90 Å². The summed E-state index contributed by atoms with van der Waals surface area (Å²) < 4.78 is 0. The van der Waals surface area contributed by atoms with Gasteiger partial charge < -0.3 is 4.90 Å². The Kier molecular flexibility index (Phi) is 3.88. The highest BCUT2D eigenvalue weighted by Gasteiger charge is 2.29. The Morgan fingerprint density at radius 3 is 2.55 bits per heavy atom. The lowest BCUT2D eigenvalue weighted by atomic mass is 10.0. The van der Waals surface area contributed by atoms with E-state index >= 15 is 0 Å². The van der Waals surface area contributed by atoms with Crippen LogP contribution in [0.5, 0.6) is 0 Å². The molecule has 4 nitrogen and oxygen atoms in total. The van der Waals surface area contributed by atoms with E-state index in [1.165, 1.54) is 32.4 Å². The van der Waals surface area contributed by atoms with Crippen molar-refractivity contribution in [2.45, 2.75) is 32.2 Å². The number of hydrogen-bond acceptors (Lipinski definition) is 4. The molecule has 0 radical (unpaired) electrons. The molecule has 0 amide bonds. The van der Waals surface area contributed by atoms with Gasteiger partial charge in [-0.15, -0.1) is 0 Å². The van der Waals surface area contributed by atoms with E-state index in [2.05, 4.69) is 27.8 Å². The Labute approximate surface area is 121 Å². The number of piperidine rings is 1. The summed E-state index contributed by atoms with van der Waals surface area (Å²) in [6.45, 7) is 7.07. The first-order chi connectivity index (χ1) is 9.76. The minimum Gasteiger partial charge on any atom is -0.357 e. The highest BCUT2D eigenvalue weighted by Crippen LogP contribution is 2.25. The van der Waals surface area contributed by atoms with Crippen LogP contribution in [-0.2, 0) is 0 Å². The molecule has 0 spiro atoms. The van der Waals surface area contributed by atoms with Crippen LogP contribution in [0.15, 0.2) is 18.3 Å². The average Bonchev–Trinajstić information content (AvgIpc) is 2.94. The van der Waals surface area contributed by atoms with Crippen molar-refractivity contribution >= 4 is 5.82 Å². The van der Waals surface area contributed by atoms with Gasteiger partial charge in [-0.1, -0.05) is 6.92 Å². The van der Waals surface area contributed by atoms with E-state index in [1.54, 1.807) is 6.20 Å². The molecule has 20 heavy (non-hydrogen) atoms. The van der Waals surface area contributed by atoms with Crippen LogP contribution in [0.2, 0.25) is 0 Å². The second kappa shape index (κ2) is 5.80. The molecule has 1 unspecified atom stereocenters. The molecular formula is C16H22N4. The van der Waals surface area contributed by atoms with Crippen LogP contribution in [-0.4, -0.2) is 42.1 Å². The highest BCUT2D eigenvalue weighted by molar-refractivity contribution is 5.42. The molecule has 1 atom stereocenters. The lowest BCUT2D eigenvalue weighted by Crippen LogP contribution is -2.44. The fraction of sp³-hybridized carbons (Fsp3) is 0.625. The standard InChI is InChI=1S/C16H22N4/c1-13-4-7-20(12-13)15-5-8-19(9-6-15)16-3-2-14(10-17)11-18-16/h2-3,11,13,15H,4-9,12H2,1H3. The Balaban J connectivity index is 1.56. The van der Waals surface area contributed by atoms with Gasteiger partial charge in [0.25, 0.3) is 0 Å². The fourth-order valence-corrected chi connectivity index (χ4v) is 3.40. The lowest BCUT2D eigenvalue weighted by molar-refractivity contribution is 0.202. The second-order valence-electron chi connectivity index (χ2n) is 6.12. The average molecular weight is 270 g/mol. The topological polar surface area (TPSA) is 43.2 Å². The van der Waals surface area contributed by atoms with Gasteiger partial charge in [-0.25, -0.2) is 4.98 Å². The number of nitriles is 1. The summed E-state index contributed by atoms with van der Waals surface area (Å²) in [7, 11) is 0. The van der Waals surface area contributed by atoms with E-state index in [1.807, 2.05) is 12.1 Å². The van der Waals surface area contributed by atoms with Crippen molar-refractivity contribution in [2.24, 2.45) is 5.92 Å². The number of likely N-dealkylation sites (tertiary alicyclic amines) is 1. The van der Waals surface area contributed by atoms with E-state index < -0.39 is 0 Å². The highest BCUT2D eigenvalue weighted by atomic mass is 15.2. The van der Waals surface area contributed by atoms with Crippen LogP contribution in [0.3, 0.4) is 0 Å². The molecule has 4 heteroatoms. The number of aromatic nitrogens is 1. The molecule has 2 fully saturated rings. The fourth-order valence-electron chi connectivity index (χ4n) is 3.40. The lowest BCUT2D eigenvalue weighted by Gasteiger charge is -2.37. The van der Waals surface area contributed by atoms with Gasteiger partial charge in [-0.3, -0.25) is 4.90 Å². The number of anilines is 1. The summed E-state index contributed by atoms with van der Waals surface area (Å²) in [6.07, 6.45) is 5.49. The van der Waals surface area contributed by atoms with Crippen molar-refractivity contribution in [3.63, 3.8) is 0 Å². The maximum atomic E-state index is 8.81. The second-order valence-corrected chi connectivity index (χ2v) is 6.12. The molecular weight excluding hydrogens is 248 g/mol. The third kappa shape index (κ3) is 2.78. The minimum atomic E-state index is 0.634. The van der Waals surface area contributed by atoms with Crippen molar-refractivity contribution in [1.82, 2.24) is 9.88 Å². The van der Waals surface area contributed by atoms with Crippen LogP contribution in [0.25, 0.3) is 0 Å². The molecule has 2 aliphatic heterocycles. The van der Waals surface area contributed by atoms with Gasteiger partial charge in [-0.2, -0.15) is 5.26 Å². The van der Waals surface area contributed by atoms with Gasteiger partial charge >= 0.3 is 0 Å². The first kappa shape index (κ1) is 13.4. The molecule has 2 saturated heterocycles. The van der Waals surface area contributed by atoms with Crippen molar-refractivity contribution in [3.8, 4) is 6.07 Å². The Hall–Kier alpha value is -1.60. The van der Waals surface area contributed by atoms with Gasteiger partial charge in [0.15, 0.2) is 0 Å². The largest absolute Gasteiger partial charge is 0.357 e. The normalized spacial score (nSPS) is 24.8. The Morgan fingerprint density at radius 1 is 1.20 bits per heavy atom. The van der Waals surface area contributed by atoms with Crippen molar-refractivity contribution < 1.29 is 0 Å². The maximum Gasteiger partial charge on any atom is 0.128 e. The number of rotatable bonds is 2. The van der Waals surface area contributed by atoms with Gasteiger partial charge in [0.2, 0.25) is 0 Å². The molecule has 0 aromatic carbocycles. The molecule has 2 aliphatic rings. The van der Waals surface area contributed by atoms with E-state index in [9.17, 15) is 0 Å². The van der Waals surface area contributed by atoms with E-state index in [-0.39, 0.29) is 0 Å². The van der Waals surface area contributed by atoms with Gasteiger partial charge in [0.05, 0.1) is 5.56 Å². The molecule has 0 N–H and O–H groups in total. The zero-order chi connectivity index (χ0) is 13.9. The van der Waals surface area contributed by atoms with Crippen LogP contribution in [0, 0.1) is 17.2 Å². The predicted molar refractivity (Wildman–Crippen MR) is 79.5 cm³/mol. The van der Waals surface area contributed by atoms with Crippen molar-refractivity contribution in [2.75, 3.05) is 31.1 Å². The molecule has 0 bridgehead atoms. The smallest absolute Gasteiger partial charge is 0.128 e. The summed E-state index contributed by atoms with van der Waals surface area (Å²) in [6, 6.07) is 6.70. The van der Waals surface area contributed by atoms with E-state index in [0.717, 1.165) is 30.9 Å². The zero-order valence-electron chi connectivity index (χ0n) is 12.1. The summed E-state index contributed by atoms with van der Waals surface area (Å²) in [5.41, 5.74) is 0.634. The molecule has 0 saturated carbocycles. The molecule has 0 aliphatic carbocycles. The zero-order valence-corrected chi connectivity index (χ0v) is 12.1. The molecule has 1 aromatic heterocycles. The van der Waals surface area contributed by atoms with Crippen LogP contribution in [0.1, 0.15) is 31.7 Å². The molecule has 3 heterocycles. The first-order valence-corrected chi connectivity index (χ1v) is 7.61. The molecule has 106 valence electrons. The van der Waals surface area contributed by atoms with E-state index in [0.29, 0.717) is 5.56 Å². The predicted octanol–water partition coefficient (Wildman–Crippen LogP) is 2.26. The van der Waals surface area contributed by atoms with Gasteiger partial charge in [-0.05, 0) is 43.9 Å². The van der Waals surface area contributed by atoms with E-state index in [4.69, 9.17) is 5.26 Å². The Morgan fingerprint density at radius 2 is 2.00 bits per heavy atom. The summed E-state index contributed by atoms with van der Waals surface area (Å²) in [4.78, 5) is 9.42. The van der Waals surface area contributed by atoms with Crippen molar-refractivity contribution in [1.29, 1.82) is 5.26 Å². The van der Waals surface area contributed by atoms with Crippen LogP contribution in [0.4, 0.5) is 5.82 Å². The SMILES string of the molecule is CC1CCN(C2CCN(c3ccc(C#N)cn3)CC2)C1. The summed E-state index contributed by atoms with van der Waals surface area (Å²) in [5.74, 6) is 1.88. The van der Waals surface area contributed by atoms with Gasteiger partial charge in [0.1, 0.15) is 11.9 Å². The van der Waals surface area contributed by atoms with Crippen LogP contribution >= 0.6 is 0 Å². The number of hydrogen-bond donors (Lipinski definition) is 0. The molecule has 3 rings (SSSR count). The first-order valence-electron chi connectivity index (χ1n) is 7.61. The maximum absolute atomic E-state index is 8.81. The minimum absolute atomic E-state index is 0.634. The summed E-state index contributed by atoms with van der Waals surface area (Å²) >= 11 is 0. The number of pyridine rings is 1. The summed E-state index contributed by atoms with van der Waals surface area (Å²) in [5, 5.41) is 8.81. The third-order valence-corrected chi connectivity index (χ3v) is 4.64. The van der Waals surface area contributed by atoms with Crippen molar-refractivity contribution in [3.05, 3.63) is 23.9 Å². The quantitative estimate of drug-likeness (QED) is 0.827.